The molecule has 0 aliphatic rings. The third-order valence-corrected chi connectivity index (χ3v) is 8.46. The minimum Gasteiger partial charge on any atom is -0.493 e. The first-order valence-electron chi connectivity index (χ1n) is 10.5. The number of amides is 1. The molecule has 0 aliphatic carbocycles. The Balaban J connectivity index is 1.78. The molecular formula is C24H27N3O7S2. The number of methoxy groups -OCH3 is 2. The summed E-state index contributed by atoms with van der Waals surface area (Å²) in [6, 6.07) is 16.7. The van der Waals surface area contributed by atoms with E-state index in [9.17, 15) is 21.6 Å². The van der Waals surface area contributed by atoms with Gasteiger partial charge in [-0.25, -0.2) is 16.8 Å². The highest BCUT2D eigenvalue weighted by atomic mass is 32.2. The predicted octanol–water partition coefficient (Wildman–Crippen LogP) is 3.18. The van der Waals surface area contributed by atoms with E-state index in [2.05, 4.69) is 5.32 Å². The molecule has 12 heteroatoms. The van der Waals surface area contributed by atoms with E-state index >= 15 is 0 Å². The van der Waals surface area contributed by atoms with Gasteiger partial charge in [0.2, 0.25) is 10.0 Å². The maximum Gasteiger partial charge on any atom is 0.264 e. The first-order chi connectivity index (χ1) is 16.9. The normalized spacial score (nSPS) is 11.5. The van der Waals surface area contributed by atoms with Gasteiger partial charge in [-0.2, -0.15) is 0 Å². The van der Waals surface area contributed by atoms with Gasteiger partial charge in [-0.15, -0.1) is 0 Å². The van der Waals surface area contributed by atoms with E-state index in [1.165, 1.54) is 76.8 Å². The van der Waals surface area contributed by atoms with Crippen molar-refractivity contribution in [2.24, 2.45) is 0 Å². The molecule has 192 valence electrons. The Morgan fingerprint density at radius 2 is 1.42 bits per heavy atom. The van der Waals surface area contributed by atoms with Gasteiger partial charge in [0.15, 0.2) is 11.5 Å². The molecule has 1 N–H and O–H groups in total. The van der Waals surface area contributed by atoms with Crippen LogP contribution in [0.15, 0.2) is 71.6 Å². The first-order valence-corrected chi connectivity index (χ1v) is 13.8. The lowest BCUT2D eigenvalue weighted by molar-refractivity contribution is 0.102. The molecule has 36 heavy (non-hydrogen) atoms. The number of carbonyl (C=O) groups excluding carboxylic acids is 1. The number of hydrogen-bond donors (Lipinski definition) is 1. The van der Waals surface area contributed by atoms with Crippen molar-refractivity contribution >= 4 is 43.0 Å². The third kappa shape index (κ3) is 5.71. The Hall–Kier alpha value is -3.77. The fourth-order valence-corrected chi connectivity index (χ4v) is 4.98. The Morgan fingerprint density at radius 1 is 0.778 bits per heavy atom. The fraction of sp³-hybridized carbons (Fsp3) is 0.208. The van der Waals surface area contributed by atoms with Crippen molar-refractivity contribution in [3.63, 3.8) is 0 Å². The summed E-state index contributed by atoms with van der Waals surface area (Å²) in [5.74, 6) is 0.250. The minimum atomic E-state index is -3.91. The molecule has 3 aromatic rings. The van der Waals surface area contributed by atoms with Crippen molar-refractivity contribution in [2.75, 3.05) is 48.5 Å². The zero-order chi connectivity index (χ0) is 26.7. The van der Waals surface area contributed by atoms with E-state index in [1.807, 2.05) is 0 Å². The number of anilines is 3. The van der Waals surface area contributed by atoms with Gasteiger partial charge in [-0.1, -0.05) is 6.07 Å². The summed E-state index contributed by atoms with van der Waals surface area (Å²) in [6.45, 7) is 0. The number of hydrogen-bond acceptors (Lipinski definition) is 7. The smallest absolute Gasteiger partial charge is 0.264 e. The Labute approximate surface area is 211 Å². The van der Waals surface area contributed by atoms with Gasteiger partial charge in [0, 0.05) is 31.4 Å². The summed E-state index contributed by atoms with van der Waals surface area (Å²) in [6.07, 6.45) is 1.09. The molecule has 0 spiro atoms. The molecule has 0 fully saturated rings. The standard InChI is InChI=1S/C24H27N3O7S2/c1-26(35(5,29)30)20-8-6-7-18(15-20)25-24(28)17-9-11-19(12-10-17)27(2)36(31,32)21-13-14-22(33-3)23(16-21)34-4/h6-16H,1-5H3,(H,25,28). The molecular weight excluding hydrogens is 506 g/mol. The Morgan fingerprint density at radius 3 is 2.00 bits per heavy atom. The van der Waals surface area contributed by atoms with E-state index in [-0.39, 0.29) is 16.2 Å². The van der Waals surface area contributed by atoms with Crippen molar-refractivity contribution < 1.29 is 31.1 Å². The quantitative estimate of drug-likeness (QED) is 0.448. The van der Waals surface area contributed by atoms with E-state index in [4.69, 9.17) is 9.47 Å². The number of ether oxygens (including phenoxy) is 2. The van der Waals surface area contributed by atoms with Gasteiger partial charge in [0.1, 0.15) is 0 Å². The zero-order valence-electron chi connectivity index (χ0n) is 20.4. The summed E-state index contributed by atoms with van der Waals surface area (Å²) in [4.78, 5) is 12.7. The van der Waals surface area contributed by atoms with Crippen molar-refractivity contribution in [3.8, 4) is 11.5 Å². The monoisotopic (exact) mass is 533 g/mol. The fourth-order valence-electron chi connectivity index (χ4n) is 3.27. The molecule has 3 rings (SSSR count). The summed E-state index contributed by atoms with van der Waals surface area (Å²) < 4.78 is 62.4. The van der Waals surface area contributed by atoms with Gasteiger partial charge < -0.3 is 14.8 Å². The number of sulfonamides is 2. The topological polar surface area (TPSA) is 122 Å². The molecule has 0 heterocycles. The van der Waals surface area contributed by atoms with Gasteiger partial charge in [-0.05, 0) is 54.6 Å². The predicted molar refractivity (Wildman–Crippen MR) is 139 cm³/mol. The maximum absolute atomic E-state index is 13.1. The number of benzene rings is 3. The van der Waals surface area contributed by atoms with Gasteiger partial charge in [0.25, 0.3) is 15.9 Å². The molecule has 0 unspecified atom stereocenters. The lowest BCUT2D eigenvalue weighted by atomic mass is 10.2. The summed E-state index contributed by atoms with van der Waals surface area (Å²) in [5.41, 5.74) is 1.44. The molecule has 0 saturated heterocycles. The zero-order valence-corrected chi connectivity index (χ0v) is 22.1. The van der Waals surface area contributed by atoms with E-state index < -0.39 is 26.0 Å². The van der Waals surface area contributed by atoms with Crippen LogP contribution in [0.5, 0.6) is 11.5 Å². The Bertz CT molecular complexity index is 1470. The highest BCUT2D eigenvalue weighted by Gasteiger charge is 2.23. The van der Waals surface area contributed by atoms with Crippen LogP contribution < -0.4 is 23.4 Å². The molecule has 0 aromatic heterocycles. The largest absolute Gasteiger partial charge is 0.493 e. The average Bonchev–Trinajstić information content (AvgIpc) is 2.86. The van der Waals surface area contributed by atoms with Gasteiger partial charge >= 0.3 is 0 Å². The van der Waals surface area contributed by atoms with Crippen molar-refractivity contribution in [3.05, 3.63) is 72.3 Å². The van der Waals surface area contributed by atoms with Crippen molar-refractivity contribution in [1.29, 1.82) is 0 Å². The molecule has 3 aromatic carbocycles. The molecule has 0 bridgehead atoms. The first kappa shape index (κ1) is 26.8. The lowest BCUT2D eigenvalue weighted by Crippen LogP contribution is -2.26. The third-order valence-electron chi connectivity index (χ3n) is 5.47. The van der Waals surface area contributed by atoms with Crippen LogP contribution in [0.25, 0.3) is 0 Å². The molecule has 0 radical (unpaired) electrons. The molecule has 10 nitrogen and oxygen atoms in total. The van der Waals surface area contributed by atoms with Crippen LogP contribution in [0.3, 0.4) is 0 Å². The highest BCUT2D eigenvalue weighted by molar-refractivity contribution is 7.92. The van der Waals surface area contributed by atoms with E-state index in [1.54, 1.807) is 18.2 Å². The van der Waals surface area contributed by atoms with Gasteiger partial charge in [0.05, 0.1) is 36.7 Å². The SMILES string of the molecule is COc1ccc(S(=O)(=O)N(C)c2ccc(C(=O)Nc3cccc(N(C)S(C)(=O)=O)c3)cc2)cc1OC. The summed E-state index contributed by atoms with van der Waals surface area (Å²) in [7, 11) is -1.66. The second-order valence-corrected chi connectivity index (χ2v) is 11.8. The van der Waals surface area contributed by atoms with Crippen LogP contribution in [0, 0.1) is 0 Å². The number of nitrogens with zero attached hydrogens (tertiary/aromatic N) is 2. The number of carbonyl (C=O) groups is 1. The molecule has 0 aliphatic heterocycles. The second-order valence-electron chi connectivity index (χ2n) is 7.77. The second kappa shape index (κ2) is 10.5. The Kier molecular flexibility index (Phi) is 7.80. The number of nitrogens with one attached hydrogen (secondary N) is 1. The number of rotatable bonds is 9. The van der Waals surface area contributed by atoms with Crippen molar-refractivity contribution in [1.82, 2.24) is 0 Å². The van der Waals surface area contributed by atoms with Gasteiger partial charge in [-0.3, -0.25) is 13.4 Å². The summed E-state index contributed by atoms with van der Waals surface area (Å²) in [5, 5.41) is 2.72. The van der Waals surface area contributed by atoms with Crippen LogP contribution in [0.2, 0.25) is 0 Å². The molecule has 0 saturated carbocycles. The van der Waals surface area contributed by atoms with Crippen molar-refractivity contribution in [2.45, 2.75) is 4.90 Å². The van der Waals surface area contributed by atoms with Crippen LogP contribution in [0.4, 0.5) is 17.1 Å². The van der Waals surface area contributed by atoms with Crippen LogP contribution in [0.1, 0.15) is 10.4 Å². The molecule has 1 amide bonds. The lowest BCUT2D eigenvalue weighted by Gasteiger charge is -2.20. The minimum absolute atomic E-state index is 0.0170. The van der Waals surface area contributed by atoms with Crippen LogP contribution in [-0.4, -0.2) is 57.3 Å². The average molecular weight is 534 g/mol. The maximum atomic E-state index is 13.1. The highest BCUT2D eigenvalue weighted by Crippen LogP contribution is 2.31. The van der Waals surface area contributed by atoms with Crippen LogP contribution >= 0.6 is 0 Å². The molecule has 0 atom stereocenters. The van der Waals surface area contributed by atoms with E-state index in [0.29, 0.717) is 22.8 Å². The summed E-state index contributed by atoms with van der Waals surface area (Å²) >= 11 is 0. The van der Waals surface area contributed by atoms with Crippen LogP contribution in [-0.2, 0) is 20.0 Å². The van der Waals surface area contributed by atoms with E-state index in [0.717, 1.165) is 14.9 Å².